The number of phosphoric acid groups is 2. The first kappa shape index (κ1) is 98.2. The molecule has 3 N–H and O–H groups in total. The molecule has 0 aliphatic rings. The van der Waals surface area contributed by atoms with Gasteiger partial charge < -0.3 is 33.8 Å². The smallest absolute Gasteiger partial charge is 0.462 e. The Morgan fingerprint density at radius 3 is 0.804 bits per heavy atom. The van der Waals surface area contributed by atoms with Crippen LogP contribution in [0, 0.1) is 0 Å². The second-order valence-corrected chi connectivity index (χ2v) is 30.3. The lowest BCUT2D eigenvalue weighted by atomic mass is 10.0. The molecule has 0 aliphatic carbocycles. The quantitative estimate of drug-likeness (QED) is 0.0169. The minimum Gasteiger partial charge on any atom is -0.462 e. The van der Waals surface area contributed by atoms with Gasteiger partial charge in [0.1, 0.15) is 19.3 Å². The van der Waals surface area contributed by atoms with Crippen LogP contribution in [-0.4, -0.2) is 96.7 Å². The fraction of sp³-hybridized carbons (Fsp3) is 0.783. The minimum atomic E-state index is -4.98. The predicted molar refractivity (Wildman–Crippen MR) is 418 cm³/mol. The van der Waals surface area contributed by atoms with E-state index in [1.165, 1.54) is 116 Å². The van der Waals surface area contributed by atoms with Gasteiger partial charge in [-0.1, -0.05) is 318 Å². The lowest BCUT2D eigenvalue weighted by molar-refractivity contribution is -0.161. The van der Waals surface area contributed by atoms with Crippen LogP contribution >= 0.6 is 15.6 Å². The van der Waals surface area contributed by atoms with Crippen molar-refractivity contribution in [2.45, 2.75) is 380 Å². The summed E-state index contributed by atoms with van der Waals surface area (Å²) in [6.45, 7) is 4.76. The summed E-state index contributed by atoms with van der Waals surface area (Å²) < 4.78 is 68.6. The Bertz CT molecular complexity index is 2260. The van der Waals surface area contributed by atoms with Crippen LogP contribution in [0.15, 0.2) is 85.1 Å². The molecule has 0 aromatic rings. The number of aliphatic hydroxyl groups is 1. The number of hydrogen-bond donors (Lipinski definition) is 3. The molecule has 0 saturated heterocycles. The molecule has 5 atom stereocenters. The first-order valence-electron chi connectivity index (χ1n) is 40.8. The third-order valence-electron chi connectivity index (χ3n) is 17.4. The first-order chi connectivity index (χ1) is 49.7. The third kappa shape index (κ3) is 74.5. The van der Waals surface area contributed by atoms with Crippen molar-refractivity contribution in [1.82, 2.24) is 0 Å². The van der Waals surface area contributed by atoms with Crippen molar-refractivity contribution in [2.75, 3.05) is 39.6 Å². The van der Waals surface area contributed by atoms with Gasteiger partial charge in [0.25, 0.3) is 0 Å². The second kappa shape index (κ2) is 75.5. The number of aliphatic hydroxyl groups excluding tert-OH is 1. The van der Waals surface area contributed by atoms with Gasteiger partial charge in [0.2, 0.25) is 0 Å². The maximum Gasteiger partial charge on any atom is 0.472 e. The molecule has 102 heavy (non-hydrogen) atoms. The van der Waals surface area contributed by atoms with E-state index in [-0.39, 0.29) is 25.7 Å². The van der Waals surface area contributed by atoms with Gasteiger partial charge >= 0.3 is 39.5 Å². The summed E-state index contributed by atoms with van der Waals surface area (Å²) in [6.07, 6.45) is 78.4. The van der Waals surface area contributed by atoms with E-state index in [2.05, 4.69) is 113 Å². The van der Waals surface area contributed by atoms with Crippen molar-refractivity contribution in [3.63, 3.8) is 0 Å². The predicted octanol–water partition coefficient (Wildman–Crippen LogP) is 23.8. The Morgan fingerprint density at radius 2 is 0.510 bits per heavy atom. The highest BCUT2D eigenvalue weighted by molar-refractivity contribution is 7.47. The molecule has 17 nitrogen and oxygen atoms in total. The summed E-state index contributed by atoms with van der Waals surface area (Å²) >= 11 is 0. The number of ether oxygens (including phenoxy) is 4. The fourth-order valence-electron chi connectivity index (χ4n) is 11.2. The summed E-state index contributed by atoms with van der Waals surface area (Å²) in [5.74, 6) is -2.17. The molecule has 0 spiro atoms. The number of esters is 4. The monoisotopic (exact) mass is 1480 g/mol. The molecule has 0 saturated carbocycles. The highest BCUT2D eigenvalue weighted by Crippen LogP contribution is 2.45. The van der Waals surface area contributed by atoms with Crippen LogP contribution in [0.2, 0.25) is 0 Å². The van der Waals surface area contributed by atoms with Crippen LogP contribution in [0.1, 0.15) is 362 Å². The molecule has 19 heteroatoms. The van der Waals surface area contributed by atoms with Crippen molar-refractivity contribution >= 4 is 39.5 Å². The molecular weight excluding hydrogens is 1330 g/mol. The molecule has 0 rings (SSSR count). The molecule has 5 unspecified atom stereocenters. The van der Waals surface area contributed by atoms with Crippen molar-refractivity contribution in [3.05, 3.63) is 85.1 Å². The summed E-state index contributed by atoms with van der Waals surface area (Å²) in [7, 11) is -9.95. The zero-order chi connectivity index (χ0) is 74.6. The van der Waals surface area contributed by atoms with E-state index in [1.54, 1.807) is 0 Å². The molecule has 0 fully saturated rings. The molecular formula is C83H148O17P2. The van der Waals surface area contributed by atoms with Crippen molar-refractivity contribution < 1.29 is 80.2 Å². The van der Waals surface area contributed by atoms with Crippen LogP contribution in [0.25, 0.3) is 0 Å². The van der Waals surface area contributed by atoms with E-state index in [9.17, 15) is 43.2 Å². The van der Waals surface area contributed by atoms with Gasteiger partial charge in [-0.25, -0.2) is 9.13 Å². The normalized spacial score (nSPS) is 14.3. The van der Waals surface area contributed by atoms with E-state index in [4.69, 9.17) is 37.0 Å². The van der Waals surface area contributed by atoms with E-state index in [0.717, 1.165) is 167 Å². The van der Waals surface area contributed by atoms with Gasteiger partial charge in [0.15, 0.2) is 12.2 Å². The SMILES string of the molecule is CC/C=C\C/C=C\C/C=C\C/C=C\CCCCCCCCC(=O)OCC(COP(=O)(O)OCC(O)COP(=O)(O)OCC(COC(=O)CCCCCCCCCCCCCCC)OC(=O)CCCCCCCCCCCCC)OC(=O)CCCCCCCC/C=C\C/C=C\C/C=C\CCCCC. The van der Waals surface area contributed by atoms with Gasteiger partial charge in [-0.2, -0.15) is 0 Å². The molecule has 0 aliphatic heterocycles. The summed E-state index contributed by atoms with van der Waals surface area (Å²) in [5.41, 5.74) is 0. The highest BCUT2D eigenvalue weighted by atomic mass is 31.2. The summed E-state index contributed by atoms with van der Waals surface area (Å²) in [4.78, 5) is 73.0. The summed E-state index contributed by atoms with van der Waals surface area (Å²) in [5, 5.41) is 10.6. The molecule has 0 aromatic carbocycles. The Hall–Kier alpha value is -3.76. The Balaban J connectivity index is 5.33. The molecule has 0 bridgehead atoms. The number of carbonyl (C=O) groups excluding carboxylic acids is 4. The van der Waals surface area contributed by atoms with E-state index < -0.39 is 97.5 Å². The maximum atomic E-state index is 13.1. The molecule has 0 amide bonds. The topological polar surface area (TPSA) is 237 Å². The van der Waals surface area contributed by atoms with Crippen molar-refractivity contribution in [3.8, 4) is 0 Å². The fourth-order valence-corrected chi connectivity index (χ4v) is 12.7. The molecule has 0 aromatic heterocycles. The number of rotatable bonds is 77. The van der Waals surface area contributed by atoms with Gasteiger partial charge in [-0.15, -0.1) is 0 Å². The zero-order valence-corrected chi connectivity index (χ0v) is 66.6. The molecule has 0 radical (unpaired) electrons. The standard InChI is InChI=1S/C83H148O17P2/c1-5-9-13-17-21-25-29-32-34-36-38-40-42-45-49-52-56-60-64-68-81(86)94-74-79(100-83(88)70-66-62-58-54-50-46-43-41-39-37-35-33-30-26-22-18-14-10-6-2)76-98-102(91,92)96-72-77(84)71-95-101(89,90)97-75-78(99-82(87)69-65-61-57-53-47-28-24-20-16-12-8-4)73-93-80(85)67-63-59-55-51-48-44-31-27-23-19-15-11-7-3/h9,13,21-22,25-26,32-35,38-41,77-79,84H,5-8,10-12,14-20,23-24,27-31,36-37,42-76H2,1-4H3,(H,89,90)(H,91,92)/b13-9-,25-21-,26-22-,34-32-,35-33-,40-38-,41-39-. The number of unbranched alkanes of at least 4 members (excludes halogenated alkanes) is 37. The van der Waals surface area contributed by atoms with E-state index in [1.807, 2.05) is 0 Å². The molecule has 0 heterocycles. The van der Waals surface area contributed by atoms with Gasteiger partial charge in [0.05, 0.1) is 26.4 Å². The molecule has 592 valence electrons. The summed E-state index contributed by atoms with van der Waals surface area (Å²) in [6, 6.07) is 0. The number of hydrogen-bond acceptors (Lipinski definition) is 15. The van der Waals surface area contributed by atoms with Crippen LogP contribution < -0.4 is 0 Å². The Morgan fingerprint density at radius 1 is 0.284 bits per heavy atom. The average Bonchev–Trinajstić information content (AvgIpc) is 0.940. The maximum absolute atomic E-state index is 13.1. The van der Waals surface area contributed by atoms with Gasteiger partial charge in [-0.05, 0) is 103 Å². The number of allylic oxidation sites excluding steroid dienone is 14. The van der Waals surface area contributed by atoms with Crippen LogP contribution in [0.3, 0.4) is 0 Å². The highest BCUT2D eigenvalue weighted by Gasteiger charge is 2.30. The third-order valence-corrected chi connectivity index (χ3v) is 19.3. The second-order valence-electron chi connectivity index (χ2n) is 27.3. The zero-order valence-electron chi connectivity index (χ0n) is 64.8. The first-order valence-corrected chi connectivity index (χ1v) is 43.8. The number of carbonyl (C=O) groups is 4. The van der Waals surface area contributed by atoms with E-state index >= 15 is 0 Å². The van der Waals surface area contributed by atoms with E-state index in [0.29, 0.717) is 25.7 Å². The van der Waals surface area contributed by atoms with Gasteiger partial charge in [-0.3, -0.25) is 37.3 Å². The van der Waals surface area contributed by atoms with Crippen molar-refractivity contribution in [1.29, 1.82) is 0 Å². The average molecular weight is 1480 g/mol. The van der Waals surface area contributed by atoms with Crippen molar-refractivity contribution in [2.24, 2.45) is 0 Å². The lowest BCUT2D eigenvalue weighted by Crippen LogP contribution is -2.30. The Labute approximate surface area is 621 Å². The largest absolute Gasteiger partial charge is 0.472 e. The van der Waals surface area contributed by atoms with Crippen LogP contribution in [0.4, 0.5) is 0 Å². The lowest BCUT2D eigenvalue weighted by Gasteiger charge is -2.21. The minimum absolute atomic E-state index is 0.0784. The van der Waals surface area contributed by atoms with Crippen LogP contribution in [0.5, 0.6) is 0 Å². The van der Waals surface area contributed by atoms with Gasteiger partial charge in [0, 0.05) is 25.7 Å². The number of phosphoric ester groups is 2. The Kier molecular flexibility index (Phi) is 72.7. The van der Waals surface area contributed by atoms with Crippen LogP contribution in [-0.2, 0) is 65.4 Å².